The van der Waals surface area contributed by atoms with Gasteiger partial charge in [-0.05, 0) is 89.2 Å². The van der Waals surface area contributed by atoms with Gasteiger partial charge in [-0.2, -0.15) is 0 Å². The van der Waals surface area contributed by atoms with Crippen molar-refractivity contribution < 1.29 is 29.4 Å². The van der Waals surface area contributed by atoms with E-state index in [9.17, 15) is 14.7 Å². The summed E-state index contributed by atoms with van der Waals surface area (Å²) in [5, 5.41) is 23.7. The number of ether oxygens (including phenoxy) is 2. The molecule has 1 saturated heterocycles. The lowest BCUT2D eigenvalue weighted by molar-refractivity contribution is -0.253. The van der Waals surface area contributed by atoms with Gasteiger partial charge in [0.25, 0.3) is 0 Å². The molecule has 5 aromatic rings. The number of carbonyl (C=O) groups is 2. The van der Waals surface area contributed by atoms with Crippen molar-refractivity contribution in [2.45, 2.75) is 83.1 Å². The molecule has 0 saturated carbocycles. The Hall–Kier alpha value is -4.90. The van der Waals surface area contributed by atoms with Gasteiger partial charge in [-0.15, -0.1) is 0 Å². The Labute approximate surface area is 317 Å². The summed E-state index contributed by atoms with van der Waals surface area (Å²) in [6.45, 7) is 3.36. The molecule has 4 atom stereocenters. The maximum absolute atomic E-state index is 12.5. The number of likely N-dealkylation sites (N-methyl/N-ethyl adjacent to an activating group) is 1. The average molecular weight is 730 g/mol. The highest BCUT2D eigenvalue weighted by Crippen LogP contribution is 2.39. The Kier molecular flexibility index (Phi) is 13.6. The minimum Gasteiger partial charge on any atom is -0.392 e. The molecule has 0 aromatic heterocycles. The van der Waals surface area contributed by atoms with Crippen LogP contribution in [0.1, 0.15) is 91.7 Å². The van der Waals surface area contributed by atoms with Gasteiger partial charge in [0, 0.05) is 44.0 Å². The molecular weight excluding hydrogens is 679 g/mol. The van der Waals surface area contributed by atoms with Crippen molar-refractivity contribution in [3.05, 3.63) is 143 Å². The fraction of sp³-hybridized carbons (Fsp3) is 0.333. The molecule has 4 N–H and O–H groups in total. The first-order valence-corrected chi connectivity index (χ1v) is 18.9. The van der Waals surface area contributed by atoms with Gasteiger partial charge in [-0.25, -0.2) is 5.48 Å². The predicted molar refractivity (Wildman–Crippen MR) is 210 cm³/mol. The molecular formula is C45H51N3O6. The van der Waals surface area contributed by atoms with Crippen LogP contribution < -0.4 is 10.8 Å². The second-order valence-electron chi connectivity index (χ2n) is 14.3. The number of aliphatic hydroxyl groups is 1. The first-order valence-electron chi connectivity index (χ1n) is 18.9. The van der Waals surface area contributed by atoms with E-state index in [0.717, 1.165) is 39.8 Å². The average Bonchev–Trinajstić information content (AvgIpc) is 3.22. The number of fused-ring (bicyclic) bond motifs is 1. The fourth-order valence-corrected chi connectivity index (χ4v) is 7.05. The van der Waals surface area contributed by atoms with E-state index in [-0.39, 0.29) is 37.2 Å². The van der Waals surface area contributed by atoms with Crippen LogP contribution >= 0.6 is 0 Å². The summed E-state index contributed by atoms with van der Waals surface area (Å²) in [4.78, 5) is 26.0. The summed E-state index contributed by atoms with van der Waals surface area (Å²) in [6, 6.07) is 39.7. The third kappa shape index (κ3) is 10.4. The molecule has 0 aliphatic carbocycles. The van der Waals surface area contributed by atoms with E-state index in [4.69, 9.17) is 14.7 Å². The molecule has 1 aliphatic heterocycles. The van der Waals surface area contributed by atoms with Crippen LogP contribution in [0.3, 0.4) is 0 Å². The van der Waals surface area contributed by atoms with E-state index in [0.29, 0.717) is 38.8 Å². The highest BCUT2D eigenvalue weighted by Gasteiger charge is 2.33. The van der Waals surface area contributed by atoms with Crippen molar-refractivity contribution in [1.82, 2.24) is 15.7 Å². The number of carbonyl (C=O) groups excluding carboxylic acids is 2. The number of hydrogen-bond acceptors (Lipinski definition) is 7. The Morgan fingerprint density at radius 1 is 0.759 bits per heavy atom. The Morgan fingerprint density at radius 2 is 1.48 bits per heavy atom. The number of aliphatic hydroxyl groups excluding tert-OH is 1. The summed E-state index contributed by atoms with van der Waals surface area (Å²) in [6.07, 6.45) is 2.48. The first-order chi connectivity index (χ1) is 26.3. The van der Waals surface area contributed by atoms with Crippen LogP contribution in [0.5, 0.6) is 0 Å². The van der Waals surface area contributed by atoms with Crippen LogP contribution in [0.4, 0.5) is 0 Å². The van der Waals surface area contributed by atoms with Crippen LogP contribution in [-0.4, -0.2) is 46.7 Å². The Bertz CT molecular complexity index is 2000. The molecule has 5 aromatic carbocycles. The summed E-state index contributed by atoms with van der Waals surface area (Å²) in [7, 11) is 2.15. The number of nitrogens with one attached hydrogen (secondary N) is 2. The molecule has 6 rings (SSSR count). The SMILES string of the molecule is CC(c1ccc2ccccc2c1)N(C)CC1CC(c2ccc(CO)cc2)OC(c2cccc(-c3cccc(CNC(=O)CCCCCC(=O)NO)c3)c2)O1. The van der Waals surface area contributed by atoms with Crippen LogP contribution in [0, 0.1) is 0 Å². The van der Waals surface area contributed by atoms with Crippen molar-refractivity contribution in [3.8, 4) is 11.1 Å². The largest absolute Gasteiger partial charge is 0.392 e. The lowest BCUT2D eigenvalue weighted by Crippen LogP contribution is -2.38. The number of amides is 2. The summed E-state index contributed by atoms with van der Waals surface area (Å²) in [5.41, 5.74) is 8.76. The smallest absolute Gasteiger partial charge is 0.243 e. The molecule has 9 heteroatoms. The topological polar surface area (TPSA) is 120 Å². The molecule has 9 nitrogen and oxygen atoms in total. The molecule has 2 amide bonds. The number of rotatable bonds is 16. The van der Waals surface area contributed by atoms with Crippen LogP contribution in [0.2, 0.25) is 0 Å². The molecule has 1 aliphatic rings. The van der Waals surface area contributed by atoms with Crippen molar-refractivity contribution in [1.29, 1.82) is 0 Å². The number of nitrogens with zero attached hydrogens (tertiary/aromatic N) is 1. The maximum atomic E-state index is 12.5. The molecule has 1 heterocycles. The molecule has 1 fully saturated rings. The maximum Gasteiger partial charge on any atom is 0.243 e. The third-order valence-electron chi connectivity index (χ3n) is 10.4. The number of hydrogen-bond donors (Lipinski definition) is 4. The number of unbranched alkanes of at least 4 members (excludes halogenated alkanes) is 2. The van der Waals surface area contributed by atoms with E-state index in [1.807, 2.05) is 48.5 Å². The molecule has 0 radical (unpaired) electrons. The zero-order valence-corrected chi connectivity index (χ0v) is 31.1. The van der Waals surface area contributed by atoms with E-state index >= 15 is 0 Å². The molecule has 282 valence electrons. The van der Waals surface area contributed by atoms with Crippen molar-refractivity contribution in [3.63, 3.8) is 0 Å². The lowest BCUT2D eigenvalue weighted by atomic mass is 9.97. The van der Waals surface area contributed by atoms with Gasteiger partial charge in [0.1, 0.15) is 0 Å². The van der Waals surface area contributed by atoms with Crippen LogP contribution in [-0.2, 0) is 32.2 Å². The van der Waals surface area contributed by atoms with E-state index in [2.05, 4.69) is 90.9 Å². The number of benzene rings is 5. The third-order valence-corrected chi connectivity index (χ3v) is 10.4. The monoisotopic (exact) mass is 729 g/mol. The molecule has 0 spiro atoms. The van der Waals surface area contributed by atoms with Gasteiger partial charge in [0.2, 0.25) is 11.8 Å². The zero-order valence-electron chi connectivity index (χ0n) is 31.1. The van der Waals surface area contributed by atoms with E-state index in [1.54, 1.807) is 5.48 Å². The number of hydroxylamine groups is 1. The predicted octanol–water partition coefficient (Wildman–Crippen LogP) is 8.31. The van der Waals surface area contributed by atoms with Gasteiger partial charge in [-0.1, -0.05) is 103 Å². The summed E-state index contributed by atoms with van der Waals surface area (Å²) < 4.78 is 13.5. The van der Waals surface area contributed by atoms with Gasteiger partial charge >= 0.3 is 0 Å². The quantitative estimate of drug-likeness (QED) is 0.0458. The van der Waals surface area contributed by atoms with Crippen molar-refractivity contribution in [2.24, 2.45) is 0 Å². The highest BCUT2D eigenvalue weighted by atomic mass is 16.7. The molecule has 0 bridgehead atoms. The van der Waals surface area contributed by atoms with Crippen LogP contribution in [0.25, 0.3) is 21.9 Å². The van der Waals surface area contributed by atoms with Crippen molar-refractivity contribution >= 4 is 22.6 Å². The first kappa shape index (κ1) is 38.8. The minimum atomic E-state index is -0.587. The lowest BCUT2D eigenvalue weighted by Gasteiger charge is -2.39. The van der Waals surface area contributed by atoms with Gasteiger partial charge in [-0.3, -0.25) is 19.7 Å². The summed E-state index contributed by atoms with van der Waals surface area (Å²) >= 11 is 0. The highest BCUT2D eigenvalue weighted by molar-refractivity contribution is 5.83. The Morgan fingerprint density at radius 3 is 2.24 bits per heavy atom. The minimum absolute atomic E-state index is 0.00691. The second kappa shape index (κ2) is 18.9. The van der Waals surface area contributed by atoms with Gasteiger partial charge < -0.3 is 19.9 Å². The van der Waals surface area contributed by atoms with E-state index in [1.165, 1.54) is 16.3 Å². The zero-order chi connectivity index (χ0) is 37.9. The molecule has 54 heavy (non-hydrogen) atoms. The van der Waals surface area contributed by atoms with E-state index < -0.39 is 12.2 Å². The van der Waals surface area contributed by atoms with Crippen LogP contribution in [0.15, 0.2) is 115 Å². The normalized spacial score (nSPS) is 17.7. The standard InChI is InChI=1S/C45H51N3O6/c1-31(36-23-22-34-11-6-7-12-38(34)25-36)48(2)29-41-27-42(35-20-18-32(30-49)19-21-35)54-45(53-41)40-15-9-14-39(26-40)37-13-8-10-33(24-37)28-46-43(50)16-4-3-5-17-44(51)47-52/h6-15,18-26,31,41-42,45,49,52H,3-5,16-17,27-30H2,1-2H3,(H,46,50)(H,47,51). The Balaban J connectivity index is 1.14. The van der Waals surface area contributed by atoms with Gasteiger partial charge in [0.05, 0.1) is 18.8 Å². The van der Waals surface area contributed by atoms with Gasteiger partial charge in [0.15, 0.2) is 6.29 Å². The fourth-order valence-electron chi connectivity index (χ4n) is 7.05. The molecule has 4 unspecified atom stereocenters. The summed E-state index contributed by atoms with van der Waals surface area (Å²) in [5.74, 6) is -0.443. The second-order valence-corrected chi connectivity index (χ2v) is 14.3. The van der Waals surface area contributed by atoms with Crippen molar-refractivity contribution in [2.75, 3.05) is 13.6 Å².